The molecule has 1 aromatic rings. The van der Waals surface area contributed by atoms with Gasteiger partial charge in [0, 0.05) is 6.20 Å². The van der Waals surface area contributed by atoms with Crippen LogP contribution in [0.5, 0.6) is 0 Å². The smallest absolute Gasteiger partial charge is 0.258 e. The molecule has 0 atom stereocenters. The molecule has 0 aliphatic carbocycles. The average molecular weight is 282 g/mol. The highest BCUT2D eigenvalue weighted by atomic mass is 79.9. The molecule has 0 saturated heterocycles. The van der Waals surface area contributed by atoms with Crippen molar-refractivity contribution in [1.82, 2.24) is 4.98 Å². The molecule has 0 aliphatic heterocycles. The van der Waals surface area contributed by atoms with E-state index in [1.807, 2.05) is 0 Å². The summed E-state index contributed by atoms with van der Waals surface area (Å²) in [5, 5.41) is 10.3. The fraction of sp³-hybridized carbons (Fsp3) is 0. The van der Waals surface area contributed by atoms with Crippen molar-refractivity contribution in [2.24, 2.45) is 0 Å². The number of hydrogen-bond donors (Lipinski definition) is 0. The predicted octanol–water partition coefficient (Wildman–Crippen LogP) is 2.51. The van der Waals surface area contributed by atoms with E-state index in [0.717, 1.165) is 0 Å². The van der Waals surface area contributed by atoms with Crippen LogP contribution in [0.2, 0.25) is 0 Å². The standard InChI is InChI=1S/C5H2Br2N2O2/c6-3-1-2-8-5(7)4(3)9(10)11/h1-2H. The second kappa shape index (κ2) is 3.27. The first-order chi connectivity index (χ1) is 5.13. The Labute approximate surface area is 79.0 Å². The quantitative estimate of drug-likeness (QED) is 0.451. The highest BCUT2D eigenvalue weighted by Gasteiger charge is 2.16. The Morgan fingerprint density at radius 1 is 1.55 bits per heavy atom. The summed E-state index contributed by atoms with van der Waals surface area (Å²) in [5.41, 5.74) is -0.0486. The average Bonchev–Trinajstić information content (AvgIpc) is 1.85. The monoisotopic (exact) mass is 280 g/mol. The van der Waals surface area contributed by atoms with Gasteiger partial charge in [-0.05, 0) is 37.9 Å². The number of nitro groups is 1. The molecule has 1 heterocycles. The van der Waals surface area contributed by atoms with Gasteiger partial charge in [0.25, 0.3) is 0 Å². The summed E-state index contributed by atoms with van der Waals surface area (Å²) < 4.78 is 0.654. The van der Waals surface area contributed by atoms with Crippen molar-refractivity contribution in [2.75, 3.05) is 0 Å². The Hall–Kier alpha value is -0.490. The van der Waals surface area contributed by atoms with E-state index in [1.54, 1.807) is 0 Å². The first-order valence-electron chi connectivity index (χ1n) is 2.57. The third-order valence-electron chi connectivity index (χ3n) is 1.01. The van der Waals surface area contributed by atoms with Gasteiger partial charge in [0.05, 0.1) is 9.40 Å². The topological polar surface area (TPSA) is 56.0 Å². The van der Waals surface area contributed by atoms with E-state index in [-0.39, 0.29) is 10.3 Å². The SMILES string of the molecule is O=[N+]([O-])c1c(Br)ccnc1Br. The fourth-order valence-corrected chi connectivity index (χ4v) is 1.76. The minimum Gasteiger partial charge on any atom is -0.258 e. The van der Waals surface area contributed by atoms with Gasteiger partial charge in [-0.15, -0.1) is 0 Å². The van der Waals surface area contributed by atoms with Crippen molar-refractivity contribution in [1.29, 1.82) is 0 Å². The second-order valence-electron chi connectivity index (χ2n) is 1.69. The van der Waals surface area contributed by atoms with E-state index in [0.29, 0.717) is 4.47 Å². The first kappa shape index (κ1) is 8.61. The van der Waals surface area contributed by atoms with E-state index in [4.69, 9.17) is 0 Å². The Morgan fingerprint density at radius 3 is 2.55 bits per heavy atom. The molecule has 4 nitrogen and oxygen atoms in total. The highest BCUT2D eigenvalue weighted by molar-refractivity contribution is 9.11. The third-order valence-corrected chi connectivity index (χ3v) is 2.23. The highest BCUT2D eigenvalue weighted by Crippen LogP contribution is 2.30. The van der Waals surface area contributed by atoms with Gasteiger partial charge in [0.1, 0.15) is 0 Å². The van der Waals surface area contributed by atoms with Gasteiger partial charge < -0.3 is 0 Å². The summed E-state index contributed by atoms with van der Waals surface area (Å²) in [5.74, 6) is 0. The summed E-state index contributed by atoms with van der Waals surface area (Å²) in [6, 6.07) is 1.52. The van der Waals surface area contributed by atoms with Crippen molar-refractivity contribution in [2.45, 2.75) is 0 Å². The lowest BCUT2D eigenvalue weighted by atomic mass is 10.4. The van der Waals surface area contributed by atoms with E-state index < -0.39 is 4.92 Å². The van der Waals surface area contributed by atoms with Gasteiger partial charge in [-0.3, -0.25) is 10.1 Å². The van der Waals surface area contributed by atoms with Crippen LogP contribution >= 0.6 is 31.9 Å². The predicted molar refractivity (Wildman–Crippen MR) is 46.3 cm³/mol. The molecule has 6 heteroatoms. The summed E-state index contributed by atoms with van der Waals surface area (Å²) in [4.78, 5) is 13.6. The zero-order chi connectivity index (χ0) is 8.43. The van der Waals surface area contributed by atoms with Crippen LogP contribution < -0.4 is 0 Å². The molecule has 58 valence electrons. The van der Waals surface area contributed by atoms with Crippen LogP contribution in [0.1, 0.15) is 0 Å². The molecule has 1 aromatic heterocycles. The molecule has 0 spiro atoms. The molecule has 0 bridgehead atoms. The molecule has 0 aromatic carbocycles. The molecule has 0 unspecified atom stereocenters. The second-order valence-corrected chi connectivity index (χ2v) is 3.29. The minimum absolute atomic E-state index is 0.0486. The molecule has 0 aliphatic rings. The lowest BCUT2D eigenvalue weighted by Crippen LogP contribution is -1.91. The van der Waals surface area contributed by atoms with Crippen molar-refractivity contribution in [3.05, 3.63) is 31.5 Å². The maximum atomic E-state index is 10.3. The summed E-state index contributed by atoms with van der Waals surface area (Å²) in [6.45, 7) is 0. The number of hydrogen-bond acceptors (Lipinski definition) is 3. The number of pyridine rings is 1. The molecule has 0 N–H and O–H groups in total. The van der Waals surface area contributed by atoms with Crippen molar-refractivity contribution < 1.29 is 4.92 Å². The molecular formula is C5H2Br2N2O2. The molecule has 0 fully saturated rings. The molecule has 0 saturated carbocycles. The largest absolute Gasteiger partial charge is 0.315 e. The Bertz CT molecular complexity index is 282. The minimum atomic E-state index is -0.499. The number of rotatable bonds is 1. The van der Waals surface area contributed by atoms with Crippen molar-refractivity contribution >= 4 is 37.5 Å². The van der Waals surface area contributed by atoms with E-state index in [2.05, 4.69) is 36.8 Å². The summed E-state index contributed by atoms with van der Waals surface area (Å²) in [6.07, 6.45) is 1.47. The normalized spacial score (nSPS) is 9.64. The Kier molecular flexibility index (Phi) is 2.56. The third kappa shape index (κ3) is 1.75. The Morgan fingerprint density at radius 2 is 2.18 bits per heavy atom. The first-order valence-corrected chi connectivity index (χ1v) is 4.16. The van der Waals surface area contributed by atoms with Gasteiger partial charge in [0.2, 0.25) is 0 Å². The van der Waals surface area contributed by atoms with Crippen molar-refractivity contribution in [3.8, 4) is 0 Å². The van der Waals surface area contributed by atoms with E-state index in [1.165, 1.54) is 12.3 Å². The van der Waals surface area contributed by atoms with Crippen LogP contribution in [0.15, 0.2) is 21.3 Å². The maximum absolute atomic E-state index is 10.3. The molecular weight excluding hydrogens is 280 g/mol. The molecule has 0 radical (unpaired) electrons. The number of aromatic nitrogens is 1. The summed E-state index contributed by atoms with van der Waals surface area (Å²) >= 11 is 6.00. The number of nitrogens with zero attached hydrogens (tertiary/aromatic N) is 2. The van der Waals surface area contributed by atoms with Crippen LogP contribution in [-0.4, -0.2) is 9.91 Å². The molecule has 0 amide bonds. The Balaban J connectivity index is 3.32. The van der Waals surface area contributed by atoms with Gasteiger partial charge >= 0.3 is 5.69 Å². The van der Waals surface area contributed by atoms with Crippen LogP contribution in [0.25, 0.3) is 0 Å². The van der Waals surface area contributed by atoms with Crippen molar-refractivity contribution in [3.63, 3.8) is 0 Å². The number of halogens is 2. The zero-order valence-electron chi connectivity index (χ0n) is 5.12. The molecule has 11 heavy (non-hydrogen) atoms. The van der Waals surface area contributed by atoms with E-state index in [9.17, 15) is 10.1 Å². The van der Waals surface area contributed by atoms with Gasteiger partial charge in [-0.1, -0.05) is 0 Å². The van der Waals surface area contributed by atoms with Gasteiger partial charge in [0.15, 0.2) is 4.60 Å². The summed E-state index contributed by atoms with van der Waals surface area (Å²) in [7, 11) is 0. The van der Waals surface area contributed by atoms with Crippen LogP contribution in [-0.2, 0) is 0 Å². The van der Waals surface area contributed by atoms with E-state index >= 15 is 0 Å². The lowest BCUT2D eigenvalue weighted by Gasteiger charge is -1.94. The lowest BCUT2D eigenvalue weighted by molar-refractivity contribution is -0.386. The van der Waals surface area contributed by atoms with Gasteiger partial charge in [-0.2, -0.15) is 0 Å². The zero-order valence-corrected chi connectivity index (χ0v) is 8.29. The van der Waals surface area contributed by atoms with Gasteiger partial charge in [-0.25, -0.2) is 4.98 Å². The molecule has 1 rings (SSSR count). The maximum Gasteiger partial charge on any atom is 0.315 e. The van der Waals surface area contributed by atoms with Crippen LogP contribution in [0.4, 0.5) is 5.69 Å². The van der Waals surface area contributed by atoms with Crippen LogP contribution in [0, 0.1) is 10.1 Å². The fourth-order valence-electron chi connectivity index (χ4n) is 0.569. The van der Waals surface area contributed by atoms with Crippen LogP contribution in [0.3, 0.4) is 0 Å².